The second-order valence-electron chi connectivity index (χ2n) is 4.95. The van der Waals surface area contributed by atoms with Crippen LogP contribution in [0.1, 0.15) is 42.7 Å². The monoisotopic (exact) mass is 292 g/mol. The van der Waals surface area contributed by atoms with Crippen LogP contribution in [0.3, 0.4) is 0 Å². The van der Waals surface area contributed by atoms with E-state index >= 15 is 0 Å². The molecule has 0 radical (unpaired) electrons. The van der Waals surface area contributed by atoms with E-state index in [4.69, 9.17) is 5.73 Å². The summed E-state index contributed by atoms with van der Waals surface area (Å²) in [5, 5.41) is 9.74. The van der Waals surface area contributed by atoms with E-state index in [1.165, 1.54) is 12.1 Å². The van der Waals surface area contributed by atoms with Crippen molar-refractivity contribution in [3.8, 4) is 0 Å². The Bertz CT molecular complexity index is 542. The minimum absolute atomic E-state index is 0.0425. The predicted molar refractivity (Wildman–Crippen MR) is 76.3 cm³/mol. The standard InChI is InChI=1S/C10H14N2O.C6H4F2/c11-8-4-1-5-9(13)10-7(8)3-2-6-12-10;7-5-3-1-2-4-6(5)8/h2-3,6,8-9,13H,1,4-5,11H2;1-4H. The fourth-order valence-corrected chi connectivity index (χ4v) is 2.28. The number of aromatic nitrogens is 1. The molecule has 3 nitrogen and oxygen atoms in total. The fraction of sp³-hybridized carbons (Fsp3) is 0.312. The molecule has 0 saturated heterocycles. The maximum Gasteiger partial charge on any atom is 0.158 e. The quantitative estimate of drug-likeness (QED) is 0.733. The lowest BCUT2D eigenvalue weighted by atomic mass is 10.0. The molecule has 1 aliphatic rings. The van der Waals surface area contributed by atoms with E-state index in [1.54, 1.807) is 6.20 Å². The van der Waals surface area contributed by atoms with Gasteiger partial charge >= 0.3 is 0 Å². The van der Waals surface area contributed by atoms with Crippen LogP contribution in [0.5, 0.6) is 0 Å². The smallest absolute Gasteiger partial charge is 0.158 e. The first-order chi connectivity index (χ1) is 10.1. The summed E-state index contributed by atoms with van der Waals surface area (Å²) in [6.45, 7) is 0. The van der Waals surface area contributed by atoms with Crippen LogP contribution in [0.15, 0.2) is 42.6 Å². The minimum Gasteiger partial charge on any atom is -0.387 e. The summed E-state index contributed by atoms with van der Waals surface area (Å²) < 4.78 is 23.9. The lowest BCUT2D eigenvalue weighted by Gasteiger charge is -2.12. The molecule has 0 aliphatic heterocycles. The number of nitrogens with zero attached hydrogens (tertiary/aromatic N) is 1. The zero-order valence-electron chi connectivity index (χ0n) is 11.5. The van der Waals surface area contributed by atoms with E-state index in [1.807, 2.05) is 12.1 Å². The van der Waals surface area contributed by atoms with Crippen molar-refractivity contribution in [2.45, 2.75) is 31.4 Å². The first-order valence-corrected chi connectivity index (χ1v) is 6.88. The van der Waals surface area contributed by atoms with Gasteiger partial charge in [-0.1, -0.05) is 18.2 Å². The normalized spacial score (nSPS) is 20.8. The van der Waals surface area contributed by atoms with Crippen LogP contribution in [-0.4, -0.2) is 10.1 Å². The first kappa shape index (κ1) is 15.5. The van der Waals surface area contributed by atoms with E-state index in [0.717, 1.165) is 42.7 Å². The molecule has 2 unspecified atom stereocenters. The number of aliphatic hydroxyl groups is 1. The third kappa shape index (κ3) is 4.06. The molecule has 2 aromatic rings. The number of aliphatic hydroxyl groups excluding tert-OH is 1. The predicted octanol–water partition coefficient (Wildman–Crippen LogP) is 3.26. The summed E-state index contributed by atoms with van der Waals surface area (Å²) in [6.07, 6.45) is 3.97. The summed E-state index contributed by atoms with van der Waals surface area (Å²) >= 11 is 0. The van der Waals surface area contributed by atoms with Crippen molar-refractivity contribution >= 4 is 0 Å². The molecule has 1 heterocycles. The van der Waals surface area contributed by atoms with Crippen LogP contribution in [0.2, 0.25) is 0 Å². The highest BCUT2D eigenvalue weighted by Crippen LogP contribution is 2.31. The van der Waals surface area contributed by atoms with Crippen LogP contribution >= 0.6 is 0 Å². The molecule has 3 rings (SSSR count). The van der Waals surface area contributed by atoms with Crippen LogP contribution in [-0.2, 0) is 0 Å². The molecule has 1 aromatic heterocycles. The summed E-state index contributed by atoms with van der Waals surface area (Å²) in [6, 6.07) is 8.92. The van der Waals surface area contributed by atoms with Gasteiger partial charge in [-0.2, -0.15) is 0 Å². The second-order valence-corrected chi connectivity index (χ2v) is 4.95. The molecule has 0 spiro atoms. The molecule has 0 amide bonds. The van der Waals surface area contributed by atoms with Gasteiger partial charge in [0.1, 0.15) is 0 Å². The van der Waals surface area contributed by atoms with Crippen LogP contribution in [0.4, 0.5) is 8.78 Å². The summed E-state index contributed by atoms with van der Waals surface area (Å²) in [7, 11) is 0. The van der Waals surface area contributed by atoms with Crippen LogP contribution < -0.4 is 5.73 Å². The molecular weight excluding hydrogens is 274 g/mol. The Kier molecular flexibility index (Phi) is 5.36. The van der Waals surface area contributed by atoms with Crippen LogP contribution in [0.25, 0.3) is 0 Å². The van der Waals surface area contributed by atoms with Gasteiger partial charge in [0, 0.05) is 12.2 Å². The Morgan fingerprint density at radius 1 is 1.05 bits per heavy atom. The molecule has 3 N–H and O–H groups in total. The number of nitrogens with two attached hydrogens (primary N) is 1. The lowest BCUT2D eigenvalue weighted by molar-refractivity contribution is 0.162. The summed E-state index contributed by atoms with van der Waals surface area (Å²) in [5.74, 6) is -1.60. The highest BCUT2D eigenvalue weighted by molar-refractivity contribution is 5.26. The van der Waals surface area contributed by atoms with Crippen molar-refractivity contribution < 1.29 is 13.9 Å². The van der Waals surface area contributed by atoms with Crippen molar-refractivity contribution in [1.82, 2.24) is 4.98 Å². The Hall–Kier alpha value is -1.85. The van der Waals surface area contributed by atoms with Gasteiger partial charge < -0.3 is 10.8 Å². The van der Waals surface area contributed by atoms with Crippen molar-refractivity contribution in [2.75, 3.05) is 0 Å². The van der Waals surface area contributed by atoms with Crippen molar-refractivity contribution in [1.29, 1.82) is 0 Å². The van der Waals surface area contributed by atoms with Gasteiger partial charge in [-0.3, -0.25) is 4.98 Å². The summed E-state index contributed by atoms with van der Waals surface area (Å²) in [5.41, 5.74) is 7.74. The second kappa shape index (κ2) is 7.24. The number of hydrogen-bond acceptors (Lipinski definition) is 3. The Balaban J connectivity index is 0.000000173. The van der Waals surface area contributed by atoms with Gasteiger partial charge in [-0.05, 0) is 43.0 Å². The molecule has 0 bridgehead atoms. The van der Waals surface area contributed by atoms with Crippen molar-refractivity contribution in [2.24, 2.45) is 5.73 Å². The molecule has 1 aliphatic carbocycles. The van der Waals surface area contributed by atoms with Gasteiger partial charge in [0.05, 0.1) is 11.8 Å². The average molecular weight is 292 g/mol. The number of pyridine rings is 1. The average Bonchev–Trinajstić information content (AvgIpc) is 2.64. The first-order valence-electron chi connectivity index (χ1n) is 6.88. The van der Waals surface area contributed by atoms with Gasteiger partial charge in [-0.15, -0.1) is 0 Å². The largest absolute Gasteiger partial charge is 0.387 e. The van der Waals surface area contributed by atoms with E-state index in [2.05, 4.69) is 4.98 Å². The molecule has 2 atom stereocenters. The molecule has 0 saturated carbocycles. The number of benzene rings is 1. The van der Waals surface area contributed by atoms with E-state index < -0.39 is 17.7 Å². The molecule has 0 fully saturated rings. The zero-order valence-corrected chi connectivity index (χ0v) is 11.5. The number of hydrogen-bond donors (Lipinski definition) is 2. The van der Waals surface area contributed by atoms with E-state index in [9.17, 15) is 13.9 Å². The van der Waals surface area contributed by atoms with Gasteiger partial charge in [0.2, 0.25) is 0 Å². The van der Waals surface area contributed by atoms with Gasteiger partial charge in [-0.25, -0.2) is 8.78 Å². The third-order valence-corrected chi connectivity index (χ3v) is 3.40. The lowest BCUT2D eigenvalue weighted by Crippen LogP contribution is -2.11. The maximum atomic E-state index is 11.9. The third-order valence-electron chi connectivity index (χ3n) is 3.40. The number of rotatable bonds is 0. The molecule has 5 heteroatoms. The SMILES string of the molecule is Fc1ccccc1F.NC1CCCC(O)c2ncccc21. The Labute approximate surface area is 122 Å². The van der Waals surface area contributed by atoms with Gasteiger partial charge in [0.15, 0.2) is 11.6 Å². The van der Waals surface area contributed by atoms with E-state index in [0.29, 0.717) is 0 Å². The van der Waals surface area contributed by atoms with Crippen molar-refractivity contribution in [3.05, 3.63) is 65.5 Å². The fourth-order valence-electron chi connectivity index (χ4n) is 2.28. The van der Waals surface area contributed by atoms with E-state index in [-0.39, 0.29) is 6.04 Å². The number of halogens is 2. The zero-order chi connectivity index (χ0) is 15.2. The van der Waals surface area contributed by atoms with Crippen LogP contribution in [0, 0.1) is 11.6 Å². The topological polar surface area (TPSA) is 59.1 Å². The summed E-state index contributed by atoms with van der Waals surface area (Å²) in [4.78, 5) is 4.18. The molecule has 21 heavy (non-hydrogen) atoms. The number of fused-ring (bicyclic) bond motifs is 1. The Morgan fingerprint density at radius 3 is 2.33 bits per heavy atom. The van der Waals surface area contributed by atoms with Crippen molar-refractivity contribution in [3.63, 3.8) is 0 Å². The van der Waals surface area contributed by atoms with Gasteiger partial charge in [0.25, 0.3) is 0 Å². The Morgan fingerprint density at radius 2 is 1.71 bits per heavy atom. The molecule has 112 valence electrons. The highest BCUT2D eigenvalue weighted by Gasteiger charge is 2.21. The maximum absolute atomic E-state index is 11.9. The minimum atomic E-state index is -0.799. The molecule has 1 aromatic carbocycles. The molecular formula is C16H18F2N2O. The highest BCUT2D eigenvalue weighted by atomic mass is 19.2.